The lowest BCUT2D eigenvalue weighted by Gasteiger charge is -2.23. The average molecular weight is 504 g/mol. The van der Waals surface area contributed by atoms with Crippen molar-refractivity contribution in [2.45, 2.75) is 32.1 Å². The molecule has 2 aliphatic rings. The van der Waals surface area contributed by atoms with Crippen LogP contribution < -0.4 is 14.8 Å². The molecular formula is C33H29NO4. The molecule has 0 radical (unpaired) electrons. The van der Waals surface area contributed by atoms with Crippen LogP contribution in [0.4, 0.5) is 5.69 Å². The van der Waals surface area contributed by atoms with Crippen molar-refractivity contribution in [2.24, 2.45) is 5.92 Å². The third kappa shape index (κ3) is 4.80. The number of hydrogen-bond acceptors (Lipinski definition) is 4. The Balaban J connectivity index is 1.40. The summed E-state index contributed by atoms with van der Waals surface area (Å²) in [7, 11) is 0. The van der Waals surface area contributed by atoms with Gasteiger partial charge >= 0.3 is 0 Å². The van der Waals surface area contributed by atoms with E-state index in [0.717, 1.165) is 54.1 Å². The molecule has 0 spiro atoms. The monoisotopic (exact) mass is 503 g/mol. The number of nitrogens with one attached hydrogen (secondary N) is 1. The van der Waals surface area contributed by atoms with Crippen LogP contribution in [0.2, 0.25) is 0 Å². The number of ether oxygens (including phenoxy) is 2. The van der Waals surface area contributed by atoms with E-state index < -0.39 is 0 Å². The standard InChI is InChI=1S/C33H29NO4/c35-32(24-10-2-1-3-11-24)28(19-22-17-18-30-31(20-22)38-21-37-30)26-14-6-7-15-27(26)33(36)34-29-16-8-12-23-9-4-5-13-25(23)29/h4-9,12-20,24H,1-3,10-11,21H2,(H,34,36)/b28-19-. The number of ketones is 1. The van der Waals surface area contributed by atoms with E-state index in [1.807, 2.05) is 84.9 Å². The second-order valence-corrected chi connectivity index (χ2v) is 9.90. The summed E-state index contributed by atoms with van der Waals surface area (Å²) < 4.78 is 11.0. The molecular weight excluding hydrogens is 474 g/mol. The second-order valence-electron chi connectivity index (χ2n) is 9.90. The van der Waals surface area contributed by atoms with Crippen LogP contribution in [0.15, 0.2) is 84.9 Å². The van der Waals surface area contributed by atoms with Gasteiger partial charge in [-0.25, -0.2) is 0 Å². The second kappa shape index (κ2) is 10.5. The van der Waals surface area contributed by atoms with E-state index in [1.165, 1.54) is 0 Å². The minimum absolute atomic E-state index is 0.0433. The van der Waals surface area contributed by atoms with Crippen LogP contribution in [-0.4, -0.2) is 18.5 Å². The van der Waals surface area contributed by atoms with E-state index in [4.69, 9.17) is 9.47 Å². The number of carbonyl (C=O) groups excluding carboxylic acids is 2. The Morgan fingerprint density at radius 3 is 2.37 bits per heavy atom. The van der Waals surface area contributed by atoms with Gasteiger partial charge in [0.15, 0.2) is 17.3 Å². The van der Waals surface area contributed by atoms with Gasteiger partial charge in [0, 0.05) is 28.1 Å². The Labute approximate surface area is 222 Å². The summed E-state index contributed by atoms with van der Waals surface area (Å²) in [5, 5.41) is 5.12. The van der Waals surface area contributed by atoms with Crippen LogP contribution in [-0.2, 0) is 4.79 Å². The van der Waals surface area contributed by atoms with Gasteiger partial charge in [0.2, 0.25) is 6.79 Å². The van der Waals surface area contributed by atoms with Gasteiger partial charge in [0.25, 0.3) is 5.91 Å². The Bertz CT molecular complexity index is 1540. The van der Waals surface area contributed by atoms with Crippen molar-refractivity contribution in [1.29, 1.82) is 0 Å². The molecule has 4 aromatic carbocycles. The molecule has 190 valence electrons. The van der Waals surface area contributed by atoms with E-state index >= 15 is 0 Å². The summed E-state index contributed by atoms with van der Waals surface area (Å²) in [6.07, 6.45) is 6.91. The number of benzene rings is 4. The number of anilines is 1. The maximum atomic E-state index is 14.0. The first-order chi connectivity index (χ1) is 18.7. The first-order valence-electron chi connectivity index (χ1n) is 13.2. The summed E-state index contributed by atoms with van der Waals surface area (Å²) in [6.45, 7) is 0.188. The van der Waals surface area contributed by atoms with Gasteiger partial charge in [-0.05, 0) is 59.7 Å². The fourth-order valence-electron chi connectivity index (χ4n) is 5.48. The molecule has 1 aliphatic carbocycles. The first-order valence-corrected chi connectivity index (χ1v) is 13.2. The molecule has 0 aromatic heterocycles. The Morgan fingerprint density at radius 1 is 0.763 bits per heavy atom. The van der Waals surface area contributed by atoms with Gasteiger partial charge in [-0.1, -0.05) is 79.9 Å². The van der Waals surface area contributed by atoms with Crippen molar-refractivity contribution in [3.05, 3.63) is 102 Å². The zero-order valence-corrected chi connectivity index (χ0v) is 21.1. The van der Waals surface area contributed by atoms with E-state index in [-0.39, 0.29) is 24.4 Å². The maximum Gasteiger partial charge on any atom is 0.256 e. The van der Waals surface area contributed by atoms with Gasteiger partial charge in [-0.2, -0.15) is 0 Å². The molecule has 1 aliphatic heterocycles. The van der Waals surface area contributed by atoms with E-state index in [9.17, 15) is 9.59 Å². The number of fused-ring (bicyclic) bond motifs is 2. The normalized spacial score (nSPS) is 15.4. The summed E-state index contributed by atoms with van der Waals surface area (Å²) in [5.41, 5.74) is 3.23. The van der Waals surface area contributed by atoms with Crippen molar-refractivity contribution in [2.75, 3.05) is 12.1 Å². The molecule has 1 fully saturated rings. The predicted octanol–water partition coefficient (Wildman–Crippen LogP) is 7.51. The molecule has 1 saturated carbocycles. The van der Waals surface area contributed by atoms with Crippen LogP contribution in [0.25, 0.3) is 22.4 Å². The SMILES string of the molecule is O=C(Nc1cccc2ccccc12)c1ccccc1/C(=C/c1ccc2c(c1)OCO2)C(=O)C1CCCCC1. The first kappa shape index (κ1) is 24.0. The van der Waals surface area contributed by atoms with Crippen molar-refractivity contribution in [3.63, 3.8) is 0 Å². The fraction of sp³-hybridized carbons (Fsp3) is 0.212. The number of rotatable bonds is 6. The van der Waals surface area contributed by atoms with Crippen LogP contribution in [0.3, 0.4) is 0 Å². The predicted molar refractivity (Wildman–Crippen MR) is 150 cm³/mol. The topological polar surface area (TPSA) is 64.6 Å². The Morgan fingerprint density at radius 2 is 1.50 bits per heavy atom. The number of Topliss-reactive ketones (excluding diaryl/α,β-unsaturated/α-hetero) is 1. The molecule has 5 heteroatoms. The third-order valence-electron chi connectivity index (χ3n) is 7.45. The molecule has 4 aromatic rings. The summed E-state index contributed by atoms with van der Waals surface area (Å²) in [5.74, 6) is 1.15. The molecule has 6 rings (SSSR count). The van der Waals surface area contributed by atoms with E-state index in [1.54, 1.807) is 6.07 Å². The van der Waals surface area contributed by atoms with Crippen LogP contribution in [0.1, 0.15) is 53.6 Å². The quantitative estimate of drug-likeness (QED) is 0.218. The van der Waals surface area contributed by atoms with Crippen LogP contribution >= 0.6 is 0 Å². The average Bonchev–Trinajstić information content (AvgIpc) is 3.44. The molecule has 5 nitrogen and oxygen atoms in total. The maximum absolute atomic E-state index is 14.0. The highest BCUT2D eigenvalue weighted by Crippen LogP contribution is 2.36. The lowest BCUT2D eigenvalue weighted by atomic mass is 9.81. The number of amides is 1. The smallest absolute Gasteiger partial charge is 0.256 e. The van der Waals surface area contributed by atoms with Crippen molar-refractivity contribution in [3.8, 4) is 11.5 Å². The lowest BCUT2D eigenvalue weighted by molar-refractivity contribution is -0.118. The summed E-state index contributed by atoms with van der Waals surface area (Å²) >= 11 is 0. The number of hydrogen-bond donors (Lipinski definition) is 1. The zero-order valence-electron chi connectivity index (χ0n) is 21.1. The van der Waals surface area contributed by atoms with Gasteiger partial charge in [0.1, 0.15) is 0 Å². The minimum atomic E-state index is -0.245. The Kier molecular flexibility index (Phi) is 6.65. The molecule has 0 unspecified atom stereocenters. The Hall–Kier alpha value is -4.38. The highest BCUT2D eigenvalue weighted by atomic mass is 16.7. The highest BCUT2D eigenvalue weighted by Gasteiger charge is 2.27. The number of carbonyl (C=O) groups is 2. The summed E-state index contributed by atoms with van der Waals surface area (Å²) in [6, 6.07) is 26.8. The highest BCUT2D eigenvalue weighted by molar-refractivity contribution is 6.28. The zero-order chi connectivity index (χ0) is 25.9. The number of allylic oxidation sites excluding steroid dienone is 1. The molecule has 0 atom stereocenters. The van der Waals surface area contributed by atoms with Crippen molar-refractivity contribution < 1.29 is 19.1 Å². The van der Waals surface area contributed by atoms with Crippen molar-refractivity contribution in [1.82, 2.24) is 0 Å². The van der Waals surface area contributed by atoms with Crippen LogP contribution in [0, 0.1) is 5.92 Å². The minimum Gasteiger partial charge on any atom is -0.454 e. The molecule has 1 N–H and O–H groups in total. The van der Waals surface area contributed by atoms with E-state index in [2.05, 4.69) is 5.32 Å². The van der Waals surface area contributed by atoms with Crippen LogP contribution in [0.5, 0.6) is 11.5 Å². The summed E-state index contributed by atoms with van der Waals surface area (Å²) in [4.78, 5) is 27.7. The van der Waals surface area contributed by atoms with E-state index in [0.29, 0.717) is 28.2 Å². The molecule has 1 heterocycles. The van der Waals surface area contributed by atoms with Gasteiger partial charge in [0.05, 0.1) is 0 Å². The van der Waals surface area contributed by atoms with Gasteiger partial charge in [-0.3, -0.25) is 9.59 Å². The van der Waals surface area contributed by atoms with Crippen molar-refractivity contribution >= 4 is 39.8 Å². The van der Waals surface area contributed by atoms with Gasteiger partial charge < -0.3 is 14.8 Å². The van der Waals surface area contributed by atoms with Gasteiger partial charge in [-0.15, -0.1) is 0 Å². The molecule has 0 bridgehead atoms. The third-order valence-corrected chi connectivity index (χ3v) is 7.45. The molecule has 0 saturated heterocycles. The fourth-order valence-corrected chi connectivity index (χ4v) is 5.48. The lowest BCUT2D eigenvalue weighted by Crippen LogP contribution is -2.21. The molecule has 1 amide bonds. The largest absolute Gasteiger partial charge is 0.454 e. The molecule has 38 heavy (non-hydrogen) atoms.